The van der Waals surface area contributed by atoms with Crippen LogP contribution in [0.4, 0.5) is 4.79 Å². The maximum absolute atomic E-state index is 13.1. The molecule has 1 fully saturated rings. The summed E-state index contributed by atoms with van der Waals surface area (Å²) >= 11 is 0. The minimum absolute atomic E-state index is 0.305. The molecule has 0 aliphatic carbocycles. The van der Waals surface area contributed by atoms with E-state index in [0.717, 1.165) is 36.1 Å². The summed E-state index contributed by atoms with van der Waals surface area (Å²) in [5.74, 6) is -0.305. The lowest BCUT2D eigenvalue weighted by atomic mass is 9.86. The van der Waals surface area contributed by atoms with Crippen molar-refractivity contribution in [3.8, 4) is 5.75 Å². The molecule has 3 amide bonds. The number of carbonyl (C=O) groups is 3. The highest BCUT2D eigenvalue weighted by Crippen LogP contribution is 2.34. The second-order valence-corrected chi connectivity index (χ2v) is 7.05. The molecule has 1 N–H and O–H groups in total. The molecular weight excluding hydrogens is 360 g/mol. The molecule has 1 heterocycles. The van der Waals surface area contributed by atoms with Crippen LogP contribution in [0.3, 0.4) is 0 Å². The van der Waals surface area contributed by atoms with Gasteiger partial charge >= 0.3 is 12.0 Å². The molecule has 154 valence electrons. The monoisotopic (exact) mass is 390 g/mol. The van der Waals surface area contributed by atoms with Crippen LogP contribution in [0.5, 0.6) is 5.75 Å². The summed E-state index contributed by atoms with van der Waals surface area (Å²) in [6.45, 7) is 5.73. The summed E-state index contributed by atoms with van der Waals surface area (Å²) in [6.07, 6.45) is 4.32. The lowest BCUT2D eigenvalue weighted by Crippen LogP contribution is -2.44. The molecule has 1 saturated heterocycles. The third-order valence-electron chi connectivity index (χ3n) is 5.14. The van der Waals surface area contributed by atoms with Gasteiger partial charge in [-0.3, -0.25) is 14.5 Å². The Hall–Kier alpha value is -2.57. The largest absolute Gasteiger partial charge is 0.496 e. The number of rotatable bonds is 10. The number of ether oxygens (including phenoxy) is 2. The van der Waals surface area contributed by atoms with Gasteiger partial charge in [0.15, 0.2) is 0 Å². The second-order valence-electron chi connectivity index (χ2n) is 7.05. The van der Waals surface area contributed by atoms with Gasteiger partial charge in [0.25, 0.3) is 5.91 Å². The number of carbonyl (C=O) groups excluding carboxylic acids is 3. The molecule has 1 aliphatic rings. The molecule has 7 nitrogen and oxygen atoms in total. The molecule has 0 radical (unpaired) electrons. The first-order chi connectivity index (χ1) is 13.4. The SMILES string of the molecule is CCCCCCOC(=O)CN1C(=O)NC(CC)(c2ccc(OC)c(C)c2)C1=O. The first-order valence-corrected chi connectivity index (χ1v) is 9.84. The van der Waals surface area contributed by atoms with E-state index in [1.807, 2.05) is 19.9 Å². The number of urea groups is 1. The topological polar surface area (TPSA) is 84.9 Å². The van der Waals surface area contributed by atoms with Crippen molar-refractivity contribution in [1.82, 2.24) is 10.2 Å². The first kappa shape index (κ1) is 21.7. The highest BCUT2D eigenvalue weighted by Gasteiger charge is 2.51. The van der Waals surface area contributed by atoms with Crippen LogP contribution in [-0.2, 0) is 19.9 Å². The molecule has 1 aliphatic heterocycles. The fraction of sp³-hybridized carbons (Fsp3) is 0.571. The van der Waals surface area contributed by atoms with Crippen molar-refractivity contribution < 1.29 is 23.9 Å². The Morgan fingerprint density at radius 3 is 2.54 bits per heavy atom. The molecule has 1 atom stereocenters. The van der Waals surface area contributed by atoms with Gasteiger partial charge in [-0.25, -0.2) is 4.79 Å². The number of amides is 3. The summed E-state index contributed by atoms with van der Waals surface area (Å²) in [5, 5.41) is 2.78. The van der Waals surface area contributed by atoms with E-state index in [-0.39, 0.29) is 6.54 Å². The first-order valence-electron chi connectivity index (χ1n) is 9.84. The van der Waals surface area contributed by atoms with Crippen molar-refractivity contribution in [3.05, 3.63) is 29.3 Å². The molecule has 2 rings (SSSR count). The number of methoxy groups -OCH3 is 1. The van der Waals surface area contributed by atoms with E-state index in [2.05, 4.69) is 12.2 Å². The Morgan fingerprint density at radius 1 is 1.18 bits per heavy atom. The predicted octanol–water partition coefficient (Wildman–Crippen LogP) is 3.28. The number of nitrogens with zero attached hydrogens (tertiary/aromatic N) is 1. The van der Waals surface area contributed by atoms with Gasteiger partial charge < -0.3 is 14.8 Å². The van der Waals surface area contributed by atoms with Crippen molar-refractivity contribution in [3.63, 3.8) is 0 Å². The molecular formula is C21H30N2O5. The highest BCUT2D eigenvalue weighted by atomic mass is 16.5. The number of imide groups is 1. The maximum atomic E-state index is 13.1. The van der Waals surface area contributed by atoms with Crippen LogP contribution in [0.2, 0.25) is 0 Å². The fourth-order valence-corrected chi connectivity index (χ4v) is 3.44. The third kappa shape index (κ3) is 4.46. The van der Waals surface area contributed by atoms with Crippen molar-refractivity contribution in [2.75, 3.05) is 20.3 Å². The van der Waals surface area contributed by atoms with Gasteiger partial charge in [-0.05, 0) is 43.0 Å². The Kier molecular flexibility index (Phi) is 7.43. The van der Waals surface area contributed by atoms with Gasteiger partial charge in [-0.15, -0.1) is 0 Å². The van der Waals surface area contributed by atoms with Gasteiger partial charge in [0, 0.05) is 0 Å². The van der Waals surface area contributed by atoms with Crippen LogP contribution in [0, 0.1) is 6.92 Å². The molecule has 1 aromatic carbocycles. The van der Waals surface area contributed by atoms with Gasteiger partial charge in [0.2, 0.25) is 0 Å². The quantitative estimate of drug-likeness (QED) is 0.376. The zero-order chi connectivity index (χ0) is 20.7. The summed E-state index contributed by atoms with van der Waals surface area (Å²) < 4.78 is 10.4. The third-order valence-corrected chi connectivity index (χ3v) is 5.14. The Bertz CT molecular complexity index is 734. The molecule has 0 spiro atoms. The standard InChI is InChI=1S/C21H30N2O5/c1-5-7-8-9-12-28-18(24)14-23-19(25)21(6-2,22-20(23)26)16-10-11-17(27-4)15(3)13-16/h10-11,13H,5-9,12,14H2,1-4H3,(H,22,26). The van der Waals surface area contributed by atoms with Gasteiger partial charge in [0.1, 0.15) is 17.8 Å². The van der Waals surface area contributed by atoms with Gasteiger partial charge in [-0.2, -0.15) is 0 Å². The Morgan fingerprint density at radius 2 is 1.93 bits per heavy atom. The van der Waals surface area contributed by atoms with Crippen LogP contribution in [0.15, 0.2) is 18.2 Å². The maximum Gasteiger partial charge on any atom is 0.326 e. The normalized spacial score (nSPS) is 18.9. The van der Waals surface area contributed by atoms with E-state index in [4.69, 9.17) is 9.47 Å². The van der Waals surface area contributed by atoms with E-state index in [0.29, 0.717) is 24.3 Å². The van der Waals surface area contributed by atoms with Crippen LogP contribution < -0.4 is 10.1 Å². The smallest absolute Gasteiger partial charge is 0.326 e. The number of esters is 1. The van der Waals surface area contributed by atoms with Gasteiger partial charge in [-0.1, -0.05) is 39.2 Å². The minimum atomic E-state index is -1.18. The lowest BCUT2D eigenvalue weighted by molar-refractivity contribution is -0.148. The van der Waals surface area contributed by atoms with E-state index in [9.17, 15) is 14.4 Å². The Labute approximate surface area is 166 Å². The number of hydrogen-bond acceptors (Lipinski definition) is 5. The highest BCUT2D eigenvalue weighted by molar-refractivity contribution is 6.09. The average Bonchev–Trinajstić information content (AvgIpc) is 2.92. The minimum Gasteiger partial charge on any atom is -0.496 e. The van der Waals surface area contributed by atoms with E-state index in [1.54, 1.807) is 19.2 Å². The van der Waals surface area contributed by atoms with Crippen molar-refractivity contribution in [2.45, 2.75) is 58.4 Å². The van der Waals surface area contributed by atoms with Crippen LogP contribution in [0.1, 0.15) is 57.1 Å². The van der Waals surface area contributed by atoms with Crippen LogP contribution in [0.25, 0.3) is 0 Å². The van der Waals surface area contributed by atoms with Crippen molar-refractivity contribution >= 4 is 17.9 Å². The number of hydrogen-bond donors (Lipinski definition) is 1. The van der Waals surface area contributed by atoms with E-state index >= 15 is 0 Å². The van der Waals surface area contributed by atoms with Gasteiger partial charge in [0.05, 0.1) is 13.7 Å². The number of aryl methyl sites for hydroxylation is 1. The summed E-state index contributed by atoms with van der Waals surface area (Å²) in [7, 11) is 1.58. The van der Waals surface area contributed by atoms with Crippen LogP contribution in [-0.4, -0.2) is 43.1 Å². The summed E-state index contributed by atoms with van der Waals surface area (Å²) in [4.78, 5) is 38.6. The summed E-state index contributed by atoms with van der Waals surface area (Å²) in [6, 6.07) is 4.79. The molecule has 28 heavy (non-hydrogen) atoms. The molecule has 0 saturated carbocycles. The van der Waals surface area contributed by atoms with Crippen molar-refractivity contribution in [1.29, 1.82) is 0 Å². The lowest BCUT2D eigenvalue weighted by Gasteiger charge is -2.26. The molecule has 0 aromatic heterocycles. The molecule has 1 unspecified atom stereocenters. The van der Waals surface area contributed by atoms with Crippen molar-refractivity contribution in [2.24, 2.45) is 0 Å². The average molecular weight is 390 g/mol. The number of unbranched alkanes of at least 4 members (excludes halogenated alkanes) is 3. The molecule has 0 bridgehead atoms. The van der Waals surface area contributed by atoms with E-state index < -0.39 is 23.4 Å². The number of nitrogens with one attached hydrogen (secondary N) is 1. The Balaban J connectivity index is 2.10. The summed E-state index contributed by atoms with van der Waals surface area (Å²) in [5.41, 5.74) is 0.345. The predicted molar refractivity (Wildman–Crippen MR) is 105 cm³/mol. The zero-order valence-electron chi connectivity index (χ0n) is 17.2. The van der Waals surface area contributed by atoms with E-state index in [1.165, 1.54) is 0 Å². The molecule has 1 aromatic rings. The van der Waals surface area contributed by atoms with Crippen LogP contribution >= 0.6 is 0 Å². The fourth-order valence-electron chi connectivity index (χ4n) is 3.44. The number of benzene rings is 1. The zero-order valence-corrected chi connectivity index (χ0v) is 17.2. The second kappa shape index (κ2) is 9.57. The molecule has 7 heteroatoms.